The lowest BCUT2D eigenvalue weighted by atomic mass is 10.1. The predicted octanol–water partition coefficient (Wildman–Crippen LogP) is 0.984. The van der Waals surface area contributed by atoms with Gasteiger partial charge >= 0.3 is 0 Å². The minimum absolute atomic E-state index is 0.0360. The summed E-state index contributed by atoms with van der Waals surface area (Å²) in [5.41, 5.74) is 5.04. The van der Waals surface area contributed by atoms with Gasteiger partial charge in [-0.1, -0.05) is 0 Å². The van der Waals surface area contributed by atoms with E-state index in [9.17, 15) is 9.18 Å². The molecule has 0 aliphatic carbocycles. The largest absolute Gasteiger partial charge is 0.497 e. The average Bonchev–Trinajstić information content (AvgIpc) is 2.28. The van der Waals surface area contributed by atoms with Crippen LogP contribution in [0.2, 0.25) is 0 Å². The minimum atomic E-state index is -0.714. The molecule has 0 atom stereocenters. The van der Waals surface area contributed by atoms with Crippen LogP contribution in [0.15, 0.2) is 12.1 Å². The van der Waals surface area contributed by atoms with Crippen molar-refractivity contribution in [3.63, 3.8) is 0 Å². The lowest BCUT2D eigenvalue weighted by Gasteiger charge is -2.08. The minimum Gasteiger partial charge on any atom is -0.497 e. The Bertz CT molecular complexity index is 379. The number of halogens is 1. The fourth-order valence-corrected chi connectivity index (χ4v) is 1.15. The highest BCUT2D eigenvalue weighted by atomic mass is 19.1. The van der Waals surface area contributed by atoms with Crippen molar-refractivity contribution in [3.05, 3.63) is 23.5 Å². The van der Waals surface area contributed by atoms with Crippen molar-refractivity contribution >= 4 is 5.78 Å². The smallest absolute Gasteiger partial charge is 0.179 e. The topological polar surface area (TPSA) is 61.5 Å². The van der Waals surface area contributed by atoms with Gasteiger partial charge in [0.15, 0.2) is 17.3 Å². The molecule has 1 rings (SSSR count). The number of hydrogen-bond donors (Lipinski definition) is 1. The first-order chi connectivity index (χ1) is 7.13. The van der Waals surface area contributed by atoms with Gasteiger partial charge in [0.2, 0.25) is 0 Å². The van der Waals surface area contributed by atoms with E-state index >= 15 is 0 Å². The molecule has 15 heavy (non-hydrogen) atoms. The highest BCUT2D eigenvalue weighted by Gasteiger charge is 2.16. The number of rotatable bonds is 4. The fourth-order valence-electron chi connectivity index (χ4n) is 1.15. The van der Waals surface area contributed by atoms with Gasteiger partial charge in [-0.25, -0.2) is 4.39 Å². The molecule has 4 nitrogen and oxygen atoms in total. The molecule has 0 fully saturated rings. The van der Waals surface area contributed by atoms with Crippen LogP contribution in [0.3, 0.4) is 0 Å². The van der Waals surface area contributed by atoms with Gasteiger partial charge in [0.25, 0.3) is 0 Å². The summed E-state index contributed by atoms with van der Waals surface area (Å²) < 4.78 is 23.3. The number of Topliss-reactive ketones (excluding diaryl/α,β-unsaturated/α-hetero) is 1. The van der Waals surface area contributed by atoms with E-state index in [1.807, 2.05) is 0 Å². The Morgan fingerprint density at radius 3 is 2.53 bits per heavy atom. The zero-order valence-corrected chi connectivity index (χ0v) is 8.54. The van der Waals surface area contributed by atoms with E-state index in [4.69, 9.17) is 15.2 Å². The molecule has 0 saturated carbocycles. The van der Waals surface area contributed by atoms with Gasteiger partial charge in [-0.15, -0.1) is 0 Å². The van der Waals surface area contributed by atoms with Crippen LogP contribution < -0.4 is 15.2 Å². The quantitative estimate of drug-likeness (QED) is 0.757. The second-order valence-electron chi connectivity index (χ2n) is 2.82. The number of nitrogens with two attached hydrogens (primary N) is 1. The molecule has 0 saturated heterocycles. The Balaban J connectivity index is 3.30. The van der Waals surface area contributed by atoms with E-state index in [-0.39, 0.29) is 17.9 Å². The summed E-state index contributed by atoms with van der Waals surface area (Å²) in [5.74, 6) is -0.894. The first-order valence-electron chi connectivity index (χ1n) is 4.28. The van der Waals surface area contributed by atoms with E-state index in [1.54, 1.807) is 0 Å². The molecule has 0 radical (unpaired) electrons. The van der Waals surface area contributed by atoms with Crippen molar-refractivity contribution in [3.8, 4) is 11.5 Å². The summed E-state index contributed by atoms with van der Waals surface area (Å²) in [6, 6.07) is 2.66. The van der Waals surface area contributed by atoms with Crippen molar-refractivity contribution in [2.24, 2.45) is 5.73 Å². The van der Waals surface area contributed by atoms with Crippen LogP contribution in [0.5, 0.6) is 11.5 Å². The second kappa shape index (κ2) is 4.75. The molecule has 0 bridgehead atoms. The number of methoxy groups -OCH3 is 2. The maximum absolute atomic E-state index is 13.6. The first-order valence-corrected chi connectivity index (χ1v) is 4.28. The van der Waals surface area contributed by atoms with E-state index < -0.39 is 11.6 Å². The maximum Gasteiger partial charge on any atom is 0.179 e. The van der Waals surface area contributed by atoms with Crippen LogP contribution in [0.1, 0.15) is 10.4 Å². The molecule has 82 valence electrons. The number of ether oxygens (including phenoxy) is 2. The summed E-state index contributed by atoms with van der Waals surface area (Å²) >= 11 is 0. The van der Waals surface area contributed by atoms with Gasteiger partial charge in [-0.3, -0.25) is 4.79 Å². The van der Waals surface area contributed by atoms with E-state index in [1.165, 1.54) is 26.4 Å². The monoisotopic (exact) mass is 213 g/mol. The Hall–Kier alpha value is -1.62. The van der Waals surface area contributed by atoms with Gasteiger partial charge in [0.1, 0.15) is 5.75 Å². The first kappa shape index (κ1) is 11.5. The van der Waals surface area contributed by atoms with Gasteiger partial charge in [-0.05, 0) is 6.07 Å². The Labute approximate surface area is 86.8 Å². The molecule has 2 N–H and O–H groups in total. The van der Waals surface area contributed by atoms with Crippen molar-refractivity contribution in [2.75, 3.05) is 20.8 Å². The number of carbonyl (C=O) groups is 1. The molecule has 5 heteroatoms. The summed E-state index contributed by atoms with van der Waals surface area (Å²) in [6.07, 6.45) is 0. The number of carbonyl (C=O) groups excluding carboxylic acids is 1. The second-order valence-corrected chi connectivity index (χ2v) is 2.82. The summed E-state index contributed by atoms with van der Waals surface area (Å²) in [7, 11) is 2.73. The molecule has 0 aliphatic heterocycles. The van der Waals surface area contributed by atoms with Crippen molar-refractivity contribution in [1.82, 2.24) is 0 Å². The van der Waals surface area contributed by atoms with Crippen LogP contribution in [0, 0.1) is 5.82 Å². The lowest BCUT2D eigenvalue weighted by Crippen LogP contribution is -2.15. The molecule has 0 spiro atoms. The molecule has 0 heterocycles. The van der Waals surface area contributed by atoms with Crippen LogP contribution in [-0.4, -0.2) is 26.5 Å². The SMILES string of the molecule is COc1cc(OC)c(F)c(C(=O)CN)c1. The summed E-state index contributed by atoms with van der Waals surface area (Å²) in [4.78, 5) is 11.3. The fraction of sp³-hybridized carbons (Fsp3) is 0.300. The number of hydrogen-bond acceptors (Lipinski definition) is 4. The molecule has 1 aromatic rings. The van der Waals surface area contributed by atoms with Crippen LogP contribution >= 0.6 is 0 Å². The molecule has 0 aliphatic rings. The third-order valence-corrected chi connectivity index (χ3v) is 1.95. The summed E-state index contributed by atoms with van der Waals surface area (Å²) in [6.45, 7) is -0.257. The zero-order valence-electron chi connectivity index (χ0n) is 8.54. The predicted molar refractivity (Wildman–Crippen MR) is 52.9 cm³/mol. The third-order valence-electron chi connectivity index (χ3n) is 1.95. The van der Waals surface area contributed by atoms with Crippen molar-refractivity contribution in [2.45, 2.75) is 0 Å². The molecular weight excluding hydrogens is 201 g/mol. The van der Waals surface area contributed by atoms with E-state index in [2.05, 4.69) is 0 Å². The third kappa shape index (κ3) is 2.24. The van der Waals surface area contributed by atoms with E-state index in [0.717, 1.165) is 0 Å². The van der Waals surface area contributed by atoms with E-state index in [0.29, 0.717) is 5.75 Å². The van der Waals surface area contributed by atoms with Crippen LogP contribution in [0.25, 0.3) is 0 Å². The summed E-state index contributed by atoms with van der Waals surface area (Å²) in [5, 5.41) is 0. The lowest BCUT2D eigenvalue weighted by molar-refractivity contribution is 0.0996. The van der Waals surface area contributed by atoms with Gasteiger partial charge in [0, 0.05) is 6.07 Å². The molecule has 1 aromatic carbocycles. The Morgan fingerprint density at radius 1 is 1.40 bits per heavy atom. The normalized spacial score (nSPS) is 9.87. The maximum atomic E-state index is 13.6. The average molecular weight is 213 g/mol. The Kier molecular flexibility index (Phi) is 3.62. The highest BCUT2D eigenvalue weighted by Crippen LogP contribution is 2.27. The Morgan fingerprint density at radius 2 is 2.07 bits per heavy atom. The molecular formula is C10H12FNO3. The highest BCUT2D eigenvalue weighted by molar-refractivity contribution is 5.98. The number of ketones is 1. The van der Waals surface area contributed by atoms with Crippen molar-refractivity contribution in [1.29, 1.82) is 0 Å². The number of benzene rings is 1. The van der Waals surface area contributed by atoms with Crippen LogP contribution in [0.4, 0.5) is 4.39 Å². The molecule has 0 amide bonds. The van der Waals surface area contributed by atoms with Gasteiger partial charge < -0.3 is 15.2 Å². The van der Waals surface area contributed by atoms with Gasteiger partial charge in [0.05, 0.1) is 26.3 Å². The molecule has 0 aromatic heterocycles. The zero-order chi connectivity index (χ0) is 11.4. The van der Waals surface area contributed by atoms with Crippen molar-refractivity contribution < 1.29 is 18.7 Å². The molecule has 0 unspecified atom stereocenters. The van der Waals surface area contributed by atoms with Crippen LogP contribution in [-0.2, 0) is 0 Å². The van der Waals surface area contributed by atoms with Gasteiger partial charge in [-0.2, -0.15) is 0 Å². The standard InChI is InChI=1S/C10H12FNO3/c1-14-6-3-7(8(13)5-12)10(11)9(4-6)15-2/h3-4H,5,12H2,1-2H3.